The van der Waals surface area contributed by atoms with E-state index in [2.05, 4.69) is 23.9 Å². The van der Waals surface area contributed by atoms with E-state index in [-0.39, 0.29) is 18.2 Å². The van der Waals surface area contributed by atoms with Gasteiger partial charge in [0, 0.05) is 31.4 Å². The second-order valence-electron chi connectivity index (χ2n) is 7.34. The molecule has 2 heterocycles. The van der Waals surface area contributed by atoms with E-state index >= 15 is 0 Å². The number of nitrogens with zero attached hydrogens (tertiary/aromatic N) is 3. The highest BCUT2D eigenvalue weighted by Gasteiger charge is 2.33. The molecular formula is C18H29N3O2. The minimum atomic E-state index is -0.447. The van der Waals surface area contributed by atoms with Gasteiger partial charge in [-0.3, -0.25) is 9.88 Å². The number of hydrogen-bond acceptors (Lipinski definition) is 4. The van der Waals surface area contributed by atoms with Crippen LogP contribution in [0.5, 0.6) is 0 Å². The van der Waals surface area contributed by atoms with Crippen molar-refractivity contribution in [2.75, 3.05) is 20.1 Å². The molecule has 2 unspecified atom stereocenters. The summed E-state index contributed by atoms with van der Waals surface area (Å²) in [6.45, 7) is 9.49. The molecule has 0 radical (unpaired) electrons. The summed E-state index contributed by atoms with van der Waals surface area (Å²) in [5.74, 6) is 0. The Morgan fingerprint density at radius 2 is 2.22 bits per heavy atom. The fraction of sp³-hybridized carbons (Fsp3) is 0.667. The van der Waals surface area contributed by atoms with Crippen molar-refractivity contribution < 1.29 is 9.53 Å². The lowest BCUT2D eigenvalue weighted by Crippen LogP contribution is -2.44. The Morgan fingerprint density at radius 1 is 1.48 bits per heavy atom. The van der Waals surface area contributed by atoms with E-state index in [1.807, 2.05) is 50.1 Å². The molecule has 0 aromatic carbocycles. The molecule has 5 heteroatoms. The third-order valence-corrected chi connectivity index (χ3v) is 4.28. The second-order valence-corrected chi connectivity index (χ2v) is 7.34. The molecule has 0 N–H and O–H groups in total. The first-order valence-electron chi connectivity index (χ1n) is 8.39. The van der Waals surface area contributed by atoms with Crippen LogP contribution >= 0.6 is 0 Å². The van der Waals surface area contributed by atoms with Crippen molar-refractivity contribution in [1.29, 1.82) is 0 Å². The molecule has 0 spiro atoms. The standard InChI is InChI=1S/C18H29N3O2/c1-14(16-10-6-7-11-19-16)20(5)13-15-9-8-12-21(15)17(22)23-18(2,3)4/h6-7,10-11,14-15H,8-9,12-13H2,1-5H3. The number of pyridine rings is 1. The molecule has 0 aliphatic carbocycles. The molecule has 1 aromatic heterocycles. The third-order valence-electron chi connectivity index (χ3n) is 4.28. The summed E-state index contributed by atoms with van der Waals surface area (Å²) in [7, 11) is 2.09. The Hall–Kier alpha value is -1.62. The van der Waals surface area contributed by atoms with E-state index in [0.29, 0.717) is 0 Å². The molecule has 5 nitrogen and oxygen atoms in total. The molecule has 1 aliphatic heterocycles. The number of amides is 1. The lowest BCUT2D eigenvalue weighted by molar-refractivity contribution is 0.0193. The van der Waals surface area contributed by atoms with E-state index in [1.54, 1.807) is 0 Å². The zero-order chi connectivity index (χ0) is 17.0. The quantitative estimate of drug-likeness (QED) is 0.852. The summed E-state index contributed by atoms with van der Waals surface area (Å²) in [4.78, 5) is 20.9. The summed E-state index contributed by atoms with van der Waals surface area (Å²) in [5.41, 5.74) is 0.606. The highest BCUT2D eigenvalue weighted by atomic mass is 16.6. The van der Waals surface area contributed by atoms with Crippen LogP contribution in [0.25, 0.3) is 0 Å². The van der Waals surface area contributed by atoms with Gasteiger partial charge in [-0.05, 0) is 59.7 Å². The van der Waals surface area contributed by atoms with Crippen molar-refractivity contribution in [3.8, 4) is 0 Å². The first-order valence-corrected chi connectivity index (χ1v) is 8.39. The van der Waals surface area contributed by atoms with Crippen molar-refractivity contribution >= 4 is 6.09 Å². The van der Waals surface area contributed by atoms with Gasteiger partial charge in [-0.25, -0.2) is 4.79 Å². The molecular weight excluding hydrogens is 290 g/mol. The molecule has 1 amide bonds. The first-order chi connectivity index (χ1) is 10.8. The van der Waals surface area contributed by atoms with Gasteiger partial charge in [0.05, 0.1) is 5.69 Å². The topological polar surface area (TPSA) is 45.7 Å². The van der Waals surface area contributed by atoms with Gasteiger partial charge in [0.1, 0.15) is 5.60 Å². The molecule has 2 atom stereocenters. The Balaban J connectivity index is 1.96. The van der Waals surface area contributed by atoms with Crippen molar-refractivity contribution in [1.82, 2.24) is 14.8 Å². The van der Waals surface area contributed by atoms with Crippen molar-refractivity contribution in [3.63, 3.8) is 0 Å². The maximum Gasteiger partial charge on any atom is 0.410 e. The molecule has 1 fully saturated rings. The Kier molecular flexibility index (Phi) is 5.63. The Bertz CT molecular complexity index is 513. The number of hydrogen-bond donors (Lipinski definition) is 0. The predicted molar refractivity (Wildman–Crippen MR) is 91.2 cm³/mol. The van der Waals surface area contributed by atoms with Gasteiger partial charge in [-0.15, -0.1) is 0 Å². The van der Waals surface area contributed by atoms with Gasteiger partial charge in [-0.1, -0.05) is 6.07 Å². The minimum Gasteiger partial charge on any atom is -0.444 e. The van der Waals surface area contributed by atoms with Crippen molar-refractivity contribution in [2.24, 2.45) is 0 Å². The molecule has 0 bridgehead atoms. The molecule has 23 heavy (non-hydrogen) atoms. The largest absolute Gasteiger partial charge is 0.444 e. The number of likely N-dealkylation sites (tertiary alicyclic amines) is 1. The summed E-state index contributed by atoms with van der Waals surface area (Å²) >= 11 is 0. The highest BCUT2D eigenvalue weighted by Crippen LogP contribution is 2.24. The first kappa shape index (κ1) is 17.7. The van der Waals surface area contributed by atoms with Crippen LogP contribution in [0.4, 0.5) is 4.79 Å². The number of rotatable bonds is 4. The maximum atomic E-state index is 12.4. The second kappa shape index (κ2) is 7.30. The van der Waals surface area contributed by atoms with E-state index in [1.165, 1.54) is 0 Å². The number of aromatic nitrogens is 1. The zero-order valence-corrected chi connectivity index (χ0v) is 15.0. The summed E-state index contributed by atoms with van der Waals surface area (Å²) in [6.07, 6.45) is 3.69. The van der Waals surface area contributed by atoms with E-state index in [4.69, 9.17) is 4.74 Å². The van der Waals surface area contributed by atoms with Gasteiger partial charge in [0.15, 0.2) is 0 Å². The van der Waals surface area contributed by atoms with Crippen LogP contribution in [0.3, 0.4) is 0 Å². The van der Waals surface area contributed by atoms with Crippen LogP contribution in [0.1, 0.15) is 52.3 Å². The molecule has 1 aliphatic rings. The van der Waals surface area contributed by atoms with Gasteiger partial charge < -0.3 is 9.64 Å². The molecule has 0 saturated carbocycles. The summed E-state index contributed by atoms with van der Waals surface area (Å²) in [6, 6.07) is 6.41. The average molecular weight is 319 g/mol. The van der Waals surface area contributed by atoms with Crippen LogP contribution in [-0.2, 0) is 4.74 Å². The lowest BCUT2D eigenvalue weighted by atomic mass is 10.1. The predicted octanol–water partition coefficient (Wildman–Crippen LogP) is 3.47. The average Bonchev–Trinajstić information content (AvgIpc) is 2.94. The SMILES string of the molecule is CC(c1ccccn1)N(C)CC1CCCN1C(=O)OC(C)(C)C. The fourth-order valence-corrected chi connectivity index (χ4v) is 2.93. The van der Waals surface area contributed by atoms with Crippen LogP contribution in [0, 0.1) is 0 Å². The fourth-order valence-electron chi connectivity index (χ4n) is 2.93. The van der Waals surface area contributed by atoms with Crippen molar-refractivity contribution in [3.05, 3.63) is 30.1 Å². The molecule has 128 valence electrons. The van der Waals surface area contributed by atoms with Gasteiger partial charge >= 0.3 is 6.09 Å². The van der Waals surface area contributed by atoms with Gasteiger partial charge in [0.25, 0.3) is 0 Å². The molecule has 1 aromatic rings. The van der Waals surface area contributed by atoms with E-state index < -0.39 is 5.60 Å². The monoisotopic (exact) mass is 319 g/mol. The van der Waals surface area contributed by atoms with Gasteiger partial charge in [0.2, 0.25) is 0 Å². The van der Waals surface area contributed by atoms with Crippen LogP contribution in [0.2, 0.25) is 0 Å². The van der Waals surface area contributed by atoms with Crippen LogP contribution in [-0.4, -0.2) is 52.7 Å². The van der Waals surface area contributed by atoms with E-state index in [0.717, 1.165) is 31.6 Å². The Morgan fingerprint density at radius 3 is 2.83 bits per heavy atom. The maximum absolute atomic E-state index is 12.4. The smallest absolute Gasteiger partial charge is 0.410 e. The van der Waals surface area contributed by atoms with Crippen LogP contribution < -0.4 is 0 Å². The lowest BCUT2D eigenvalue weighted by Gasteiger charge is -2.33. The normalized spacial score (nSPS) is 19.9. The zero-order valence-electron chi connectivity index (χ0n) is 15.0. The molecule has 1 saturated heterocycles. The number of likely N-dealkylation sites (N-methyl/N-ethyl adjacent to an activating group) is 1. The number of carbonyl (C=O) groups is 1. The van der Waals surface area contributed by atoms with Gasteiger partial charge in [-0.2, -0.15) is 0 Å². The molecule has 2 rings (SSSR count). The summed E-state index contributed by atoms with van der Waals surface area (Å²) in [5, 5.41) is 0. The Labute approximate surface area is 139 Å². The van der Waals surface area contributed by atoms with Crippen molar-refractivity contribution in [2.45, 2.75) is 58.2 Å². The third kappa shape index (κ3) is 4.93. The van der Waals surface area contributed by atoms with E-state index in [9.17, 15) is 4.79 Å². The number of ether oxygens (including phenoxy) is 1. The van der Waals surface area contributed by atoms with Crippen LogP contribution in [0.15, 0.2) is 24.4 Å². The highest BCUT2D eigenvalue weighted by molar-refractivity contribution is 5.69. The number of carbonyl (C=O) groups excluding carboxylic acids is 1. The minimum absolute atomic E-state index is 0.195. The summed E-state index contributed by atoms with van der Waals surface area (Å²) < 4.78 is 5.53.